The number of nitrogen functional groups attached to an aromatic ring is 1. The quantitative estimate of drug-likeness (QED) is 0.563. The van der Waals surface area contributed by atoms with Gasteiger partial charge >= 0.3 is 0 Å². The van der Waals surface area contributed by atoms with Crippen molar-refractivity contribution in [1.29, 1.82) is 5.26 Å². The zero-order valence-corrected chi connectivity index (χ0v) is 8.67. The predicted octanol–water partition coefficient (Wildman–Crippen LogP) is -0.318. The average Bonchev–Trinajstić information content (AvgIpc) is 2.58. The molecule has 84 valence electrons. The van der Waals surface area contributed by atoms with Crippen LogP contribution in [0.5, 0.6) is 0 Å². The van der Waals surface area contributed by atoms with Gasteiger partial charge in [0.05, 0.1) is 35.2 Å². The van der Waals surface area contributed by atoms with Gasteiger partial charge in [-0.2, -0.15) is 5.26 Å². The summed E-state index contributed by atoms with van der Waals surface area (Å²) in [5, 5.41) is 27.6. The lowest BCUT2D eigenvalue weighted by atomic mass is 10.2. The third kappa shape index (κ3) is 1.81. The van der Waals surface area contributed by atoms with Crippen molar-refractivity contribution in [2.75, 3.05) is 23.7 Å². The molecule has 1 aliphatic rings. The summed E-state index contributed by atoms with van der Waals surface area (Å²) in [6.07, 6.45) is -1.48. The number of hydrogen-bond donors (Lipinski definition) is 3. The van der Waals surface area contributed by atoms with Crippen LogP contribution in [0.15, 0.2) is 18.2 Å². The van der Waals surface area contributed by atoms with Crippen molar-refractivity contribution in [2.45, 2.75) is 12.2 Å². The first kappa shape index (κ1) is 10.7. The molecule has 0 bridgehead atoms. The van der Waals surface area contributed by atoms with Crippen molar-refractivity contribution in [2.24, 2.45) is 0 Å². The van der Waals surface area contributed by atoms with Crippen LogP contribution < -0.4 is 10.6 Å². The number of aliphatic hydroxyl groups is 2. The van der Waals surface area contributed by atoms with Gasteiger partial charge in [0.1, 0.15) is 0 Å². The van der Waals surface area contributed by atoms with E-state index in [1.165, 1.54) is 0 Å². The van der Waals surface area contributed by atoms with Crippen LogP contribution >= 0.6 is 0 Å². The second-order valence-electron chi connectivity index (χ2n) is 3.93. The molecule has 1 fully saturated rings. The Balaban J connectivity index is 2.26. The molecule has 1 aliphatic heterocycles. The number of anilines is 2. The summed E-state index contributed by atoms with van der Waals surface area (Å²) >= 11 is 0. The van der Waals surface area contributed by atoms with Gasteiger partial charge in [0, 0.05) is 13.1 Å². The maximum absolute atomic E-state index is 9.44. The summed E-state index contributed by atoms with van der Waals surface area (Å²) in [5.74, 6) is 0. The number of nitriles is 1. The first-order valence-electron chi connectivity index (χ1n) is 5.02. The number of hydrogen-bond acceptors (Lipinski definition) is 5. The molecule has 0 aromatic heterocycles. The molecule has 2 rings (SSSR count). The Kier molecular flexibility index (Phi) is 2.69. The summed E-state index contributed by atoms with van der Waals surface area (Å²) < 4.78 is 0. The summed E-state index contributed by atoms with van der Waals surface area (Å²) in [7, 11) is 0. The van der Waals surface area contributed by atoms with E-state index in [2.05, 4.69) is 0 Å². The third-order valence-electron chi connectivity index (χ3n) is 2.76. The van der Waals surface area contributed by atoms with Crippen LogP contribution in [-0.2, 0) is 0 Å². The maximum Gasteiger partial charge on any atom is 0.0992 e. The number of benzene rings is 1. The van der Waals surface area contributed by atoms with Crippen LogP contribution in [-0.4, -0.2) is 35.5 Å². The van der Waals surface area contributed by atoms with Gasteiger partial charge in [-0.1, -0.05) is 0 Å². The van der Waals surface area contributed by atoms with Gasteiger partial charge < -0.3 is 20.8 Å². The van der Waals surface area contributed by atoms with E-state index in [1.54, 1.807) is 18.2 Å². The Labute approximate surface area is 93.3 Å². The first-order valence-corrected chi connectivity index (χ1v) is 5.02. The lowest BCUT2D eigenvalue weighted by Gasteiger charge is -2.19. The highest BCUT2D eigenvalue weighted by molar-refractivity contribution is 5.70. The highest BCUT2D eigenvalue weighted by atomic mass is 16.3. The van der Waals surface area contributed by atoms with Gasteiger partial charge in [-0.05, 0) is 18.2 Å². The van der Waals surface area contributed by atoms with E-state index in [0.29, 0.717) is 24.3 Å². The standard InChI is InChI=1S/C11H13N3O2/c12-4-7-1-2-9(8(13)3-7)14-5-10(15)11(16)6-14/h1-3,10-11,15-16H,5-6,13H2. The van der Waals surface area contributed by atoms with E-state index in [0.717, 1.165) is 5.69 Å². The van der Waals surface area contributed by atoms with E-state index in [1.807, 2.05) is 11.0 Å². The summed E-state index contributed by atoms with van der Waals surface area (Å²) in [4.78, 5) is 1.81. The minimum atomic E-state index is -0.741. The summed E-state index contributed by atoms with van der Waals surface area (Å²) in [6, 6.07) is 7.00. The number of aliphatic hydroxyl groups excluding tert-OH is 2. The Bertz CT molecular complexity index is 431. The molecule has 1 aromatic carbocycles. The molecule has 2 atom stereocenters. The number of β-amino-alcohol motifs (C(OH)–C–C–N with tert-alkyl or cyclic N) is 2. The minimum absolute atomic E-state index is 0.358. The van der Waals surface area contributed by atoms with Crippen molar-refractivity contribution in [1.82, 2.24) is 0 Å². The van der Waals surface area contributed by atoms with Gasteiger partial charge in [0.15, 0.2) is 0 Å². The Hall–Kier alpha value is -1.77. The van der Waals surface area contributed by atoms with Gasteiger partial charge in [-0.25, -0.2) is 0 Å². The van der Waals surface area contributed by atoms with Crippen molar-refractivity contribution >= 4 is 11.4 Å². The molecule has 0 radical (unpaired) electrons. The summed E-state index contributed by atoms with van der Waals surface area (Å²) in [6.45, 7) is 0.717. The lowest BCUT2D eigenvalue weighted by Crippen LogP contribution is -2.22. The molecule has 16 heavy (non-hydrogen) atoms. The topological polar surface area (TPSA) is 93.5 Å². The monoisotopic (exact) mass is 219 g/mol. The smallest absolute Gasteiger partial charge is 0.0992 e. The van der Waals surface area contributed by atoms with E-state index < -0.39 is 12.2 Å². The second-order valence-corrected chi connectivity index (χ2v) is 3.93. The molecule has 1 heterocycles. The Morgan fingerprint density at radius 3 is 2.44 bits per heavy atom. The van der Waals surface area contributed by atoms with Gasteiger partial charge in [-0.3, -0.25) is 0 Å². The second kappa shape index (κ2) is 4.00. The zero-order valence-electron chi connectivity index (χ0n) is 8.67. The molecule has 1 saturated heterocycles. The SMILES string of the molecule is N#Cc1ccc(N2CC(O)C(O)C2)c(N)c1. The third-order valence-corrected chi connectivity index (χ3v) is 2.76. The molecule has 5 heteroatoms. The molecule has 1 aromatic rings. The first-order chi connectivity index (χ1) is 7.61. The van der Waals surface area contributed by atoms with Crippen molar-refractivity contribution in [3.63, 3.8) is 0 Å². The van der Waals surface area contributed by atoms with Crippen molar-refractivity contribution in [3.8, 4) is 6.07 Å². The molecular formula is C11H13N3O2. The Morgan fingerprint density at radius 2 is 1.94 bits per heavy atom. The number of rotatable bonds is 1. The van der Waals surface area contributed by atoms with Gasteiger partial charge in [-0.15, -0.1) is 0 Å². The fourth-order valence-electron chi connectivity index (χ4n) is 1.88. The van der Waals surface area contributed by atoms with E-state index in [9.17, 15) is 10.2 Å². The fraction of sp³-hybridized carbons (Fsp3) is 0.364. The van der Waals surface area contributed by atoms with Crippen LogP contribution in [0.4, 0.5) is 11.4 Å². The minimum Gasteiger partial charge on any atom is -0.397 e. The van der Waals surface area contributed by atoms with Crippen molar-refractivity contribution < 1.29 is 10.2 Å². The average molecular weight is 219 g/mol. The zero-order chi connectivity index (χ0) is 11.7. The fourth-order valence-corrected chi connectivity index (χ4v) is 1.88. The number of nitrogens with two attached hydrogens (primary N) is 1. The van der Waals surface area contributed by atoms with Crippen molar-refractivity contribution in [3.05, 3.63) is 23.8 Å². The van der Waals surface area contributed by atoms with E-state index >= 15 is 0 Å². The largest absolute Gasteiger partial charge is 0.397 e. The molecule has 2 unspecified atom stereocenters. The highest BCUT2D eigenvalue weighted by Crippen LogP contribution is 2.27. The van der Waals surface area contributed by atoms with Crippen LogP contribution in [0.1, 0.15) is 5.56 Å². The van der Waals surface area contributed by atoms with Crippen LogP contribution in [0.2, 0.25) is 0 Å². The molecule has 0 saturated carbocycles. The maximum atomic E-state index is 9.44. The predicted molar refractivity (Wildman–Crippen MR) is 59.8 cm³/mol. The molecular weight excluding hydrogens is 206 g/mol. The Morgan fingerprint density at radius 1 is 1.31 bits per heavy atom. The van der Waals surface area contributed by atoms with Gasteiger partial charge in [0.2, 0.25) is 0 Å². The van der Waals surface area contributed by atoms with Crippen LogP contribution in [0.25, 0.3) is 0 Å². The van der Waals surface area contributed by atoms with E-state index in [4.69, 9.17) is 11.0 Å². The molecule has 0 spiro atoms. The summed E-state index contributed by atoms with van der Waals surface area (Å²) in [5.41, 5.74) is 7.54. The molecule has 5 nitrogen and oxygen atoms in total. The van der Waals surface area contributed by atoms with E-state index in [-0.39, 0.29) is 0 Å². The van der Waals surface area contributed by atoms with Gasteiger partial charge in [0.25, 0.3) is 0 Å². The molecule has 0 aliphatic carbocycles. The van der Waals surface area contributed by atoms with Crippen LogP contribution in [0.3, 0.4) is 0 Å². The molecule has 4 N–H and O–H groups in total. The normalized spacial score (nSPS) is 24.4. The molecule has 0 amide bonds. The highest BCUT2D eigenvalue weighted by Gasteiger charge is 2.30. The van der Waals surface area contributed by atoms with Crippen LogP contribution in [0, 0.1) is 11.3 Å². The number of nitrogens with zero attached hydrogens (tertiary/aromatic N) is 2. The lowest BCUT2D eigenvalue weighted by molar-refractivity contribution is 0.0572.